The van der Waals surface area contributed by atoms with Crippen LogP contribution in [0.2, 0.25) is 5.02 Å². The molecule has 2 aromatic carbocycles. The summed E-state index contributed by atoms with van der Waals surface area (Å²) in [5, 5.41) is 12.2. The number of halogens is 1. The second kappa shape index (κ2) is 8.14. The number of phenols is 1. The van der Waals surface area contributed by atoms with Crippen LogP contribution in [0.4, 0.5) is 0 Å². The van der Waals surface area contributed by atoms with Gasteiger partial charge in [-0.1, -0.05) is 50.6 Å². The van der Waals surface area contributed by atoms with Crippen LogP contribution < -0.4 is 4.74 Å². The second-order valence-electron chi connectivity index (χ2n) is 5.39. The van der Waals surface area contributed by atoms with Crippen molar-refractivity contribution in [3.63, 3.8) is 0 Å². The van der Waals surface area contributed by atoms with E-state index in [1.54, 1.807) is 12.1 Å². The molecule has 3 heteroatoms. The van der Waals surface area contributed by atoms with Gasteiger partial charge in [-0.3, -0.25) is 0 Å². The van der Waals surface area contributed by atoms with E-state index in [0.717, 1.165) is 22.9 Å². The number of aromatic hydroxyl groups is 1. The number of hydrogen-bond donors (Lipinski definition) is 1. The molecule has 21 heavy (non-hydrogen) atoms. The van der Waals surface area contributed by atoms with E-state index in [1.165, 1.54) is 32.1 Å². The summed E-state index contributed by atoms with van der Waals surface area (Å²) < 4.78 is 5.87. The maximum atomic E-state index is 9.88. The van der Waals surface area contributed by atoms with Crippen LogP contribution in [0.5, 0.6) is 11.5 Å². The Bertz CT molecular complexity index is 581. The first-order valence-corrected chi connectivity index (χ1v) is 8.14. The maximum Gasteiger partial charge on any atom is 0.127 e. The normalized spacial score (nSPS) is 11.0. The van der Waals surface area contributed by atoms with Crippen LogP contribution in [-0.4, -0.2) is 11.7 Å². The molecule has 2 nitrogen and oxygen atoms in total. The van der Waals surface area contributed by atoms with Gasteiger partial charge in [0.1, 0.15) is 11.5 Å². The van der Waals surface area contributed by atoms with Crippen molar-refractivity contribution in [2.45, 2.75) is 45.4 Å². The molecule has 0 heterocycles. The SMILES string of the molecule is CCCCCCCCOc1ccc(O)c2ccc(Cl)cc12. The molecule has 0 saturated carbocycles. The number of fused-ring (bicyclic) bond motifs is 1. The molecule has 0 radical (unpaired) electrons. The van der Waals surface area contributed by atoms with E-state index >= 15 is 0 Å². The first-order chi connectivity index (χ1) is 10.2. The molecule has 114 valence electrons. The molecule has 0 aliphatic heterocycles. The molecule has 0 bridgehead atoms. The minimum atomic E-state index is 0.258. The first kappa shape index (κ1) is 16.0. The number of phenolic OH excluding ortho intramolecular Hbond substituents is 1. The number of ether oxygens (including phenoxy) is 1. The van der Waals surface area contributed by atoms with Gasteiger partial charge in [0.05, 0.1) is 6.61 Å². The van der Waals surface area contributed by atoms with Gasteiger partial charge in [0.25, 0.3) is 0 Å². The van der Waals surface area contributed by atoms with Crippen LogP contribution in [0.25, 0.3) is 10.8 Å². The lowest BCUT2D eigenvalue weighted by Gasteiger charge is -2.11. The first-order valence-electron chi connectivity index (χ1n) is 7.76. The van der Waals surface area contributed by atoms with Gasteiger partial charge in [-0.25, -0.2) is 0 Å². The minimum absolute atomic E-state index is 0.258. The number of rotatable bonds is 8. The van der Waals surface area contributed by atoms with Crippen LogP contribution >= 0.6 is 11.6 Å². The third kappa shape index (κ3) is 4.53. The lowest BCUT2D eigenvalue weighted by molar-refractivity contribution is 0.307. The Hall–Kier alpha value is -1.41. The Kier molecular flexibility index (Phi) is 6.19. The number of benzene rings is 2. The standard InChI is InChI=1S/C18H23ClO2/c1-2-3-4-5-6-7-12-21-18-11-10-17(20)15-9-8-14(19)13-16(15)18/h8-11,13,20H,2-7,12H2,1H3. The van der Waals surface area contributed by atoms with E-state index in [1.807, 2.05) is 18.2 Å². The van der Waals surface area contributed by atoms with Gasteiger partial charge in [-0.2, -0.15) is 0 Å². The third-order valence-corrected chi connectivity index (χ3v) is 3.91. The summed E-state index contributed by atoms with van der Waals surface area (Å²) in [7, 11) is 0. The van der Waals surface area contributed by atoms with Crippen molar-refractivity contribution in [1.29, 1.82) is 0 Å². The van der Waals surface area contributed by atoms with Gasteiger partial charge >= 0.3 is 0 Å². The predicted octanol–water partition coefficient (Wildman–Crippen LogP) is 5.94. The summed E-state index contributed by atoms with van der Waals surface area (Å²) >= 11 is 6.04. The summed E-state index contributed by atoms with van der Waals surface area (Å²) in [6.07, 6.45) is 7.45. The van der Waals surface area contributed by atoms with Crippen LogP contribution in [0.1, 0.15) is 45.4 Å². The van der Waals surface area contributed by atoms with Crippen molar-refractivity contribution in [2.24, 2.45) is 0 Å². The number of unbranched alkanes of at least 4 members (excludes halogenated alkanes) is 5. The van der Waals surface area contributed by atoms with E-state index in [2.05, 4.69) is 6.92 Å². The quantitative estimate of drug-likeness (QED) is 0.612. The Morgan fingerprint density at radius 2 is 1.71 bits per heavy atom. The molecule has 0 aliphatic carbocycles. The lowest BCUT2D eigenvalue weighted by atomic mass is 10.1. The summed E-state index contributed by atoms with van der Waals surface area (Å²) in [5.74, 6) is 1.05. The molecular formula is C18H23ClO2. The molecular weight excluding hydrogens is 284 g/mol. The van der Waals surface area contributed by atoms with E-state index in [4.69, 9.17) is 16.3 Å². The lowest BCUT2D eigenvalue weighted by Crippen LogP contribution is -1.98. The average Bonchev–Trinajstić information content (AvgIpc) is 2.48. The van der Waals surface area contributed by atoms with Crippen LogP contribution in [0.15, 0.2) is 30.3 Å². The molecule has 0 aromatic heterocycles. The summed E-state index contributed by atoms with van der Waals surface area (Å²) in [6, 6.07) is 8.93. The fraction of sp³-hybridized carbons (Fsp3) is 0.444. The number of hydrogen-bond acceptors (Lipinski definition) is 2. The van der Waals surface area contributed by atoms with Gasteiger partial charge in [-0.15, -0.1) is 0 Å². The highest BCUT2D eigenvalue weighted by molar-refractivity contribution is 6.31. The zero-order chi connectivity index (χ0) is 15.1. The van der Waals surface area contributed by atoms with Crippen LogP contribution in [0, 0.1) is 0 Å². The molecule has 2 aromatic rings. The van der Waals surface area contributed by atoms with Gasteiger partial charge in [-0.05, 0) is 36.8 Å². The molecule has 2 rings (SSSR count). The molecule has 0 atom stereocenters. The van der Waals surface area contributed by atoms with Crippen molar-refractivity contribution in [3.8, 4) is 11.5 Å². The van der Waals surface area contributed by atoms with Gasteiger partial charge < -0.3 is 9.84 Å². The van der Waals surface area contributed by atoms with Crippen molar-refractivity contribution < 1.29 is 9.84 Å². The van der Waals surface area contributed by atoms with Gasteiger partial charge in [0, 0.05) is 15.8 Å². The van der Waals surface area contributed by atoms with Crippen molar-refractivity contribution in [3.05, 3.63) is 35.4 Å². The topological polar surface area (TPSA) is 29.5 Å². The smallest absolute Gasteiger partial charge is 0.127 e. The fourth-order valence-corrected chi connectivity index (χ4v) is 2.64. The molecule has 0 aliphatic rings. The highest BCUT2D eigenvalue weighted by Gasteiger charge is 2.07. The average molecular weight is 307 g/mol. The van der Waals surface area contributed by atoms with Crippen molar-refractivity contribution in [2.75, 3.05) is 6.61 Å². The summed E-state index contributed by atoms with van der Waals surface area (Å²) in [4.78, 5) is 0. The highest BCUT2D eigenvalue weighted by atomic mass is 35.5. The Morgan fingerprint density at radius 3 is 2.52 bits per heavy atom. The highest BCUT2D eigenvalue weighted by Crippen LogP contribution is 2.34. The van der Waals surface area contributed by atoms with E-state index in [9.17, 15) is 5.11 Å². The Morgan fingerprint density at radius 1 is 0.952 bits per heavy atom. The van der Waals surface area contributed by atoms with Gasteiger partial charge in [0.15, 0.2) is 0 Å². The van der Waals surface area contributed by atoms with Crippen molar-refractivity contribution >= 4 is 22.4 Å². The zero-order valence-electron chi connectivity index (χ0n) is 12.6. The van der Waals surface area contributed by atoms with Gasteiger partial charge in [0.2, 0.25) is 0 Å². The maximum absolute atomic E-state index is 9.88. The molecule has 0 saturated heterocycles. The third-order valence-electron chi connectivity index (χ3n) is 3.67. The van der Waals surface area contributed by atoms with Crippen LogP contribution in [0.3, 0.4) is 0 Å². The molecule has 0 unspecified atom stereocenters. The zero-order valence-corrected chi connectivity index (χ0v) is 13.3. The monoisotopic (exact) mass is 306 g/mol. The van der Waals surface area contributed by atoms with Crippen molar-refractivity contribution in [1.82, 2.24) is 0 Å². The molecule has 0 amide bonds. The summed E-state index contributed by atoms with van der Waals surface area (Å²) in [5.41, 5.74) is 0. The molecule has 0 fully saturated rings. The largest absolute Gasteiger partial charge is 0.507 e. The van der Waals surface area contributed by atoms with Crippen LogP contribution in [-0.2, 0) is 0 Å². The summed E-state index contributed by atoms with van der Waals surface area (Å²) in [6.45, 7) is 2.93. The fourth-order valence-electron chi connectivity index (χ4n) is 2.47. The second-order valence-corrected chi connectivity index (χ2v) is 5.83. The molecule has 1 N–H and O–H groups in total. The van der Waals surface area contributed by atoms with E-state index in [0.29, 0.717) is 11.6 Å². The predicted molar refractivity (Wildman–Crippen MR) is 89.5 cm³/mol. The Labute approximate surface area is 131 Å². The van der Waals surface area contributed by atoms with E-state index < -0.39 is 0 Å². The van der Waals surface area contributed by atoms with E-state index in [-0.39, 0.29) is 5.75 Å². The minimum Gasteiger partial charge on any atom is -0.507 e. The Balaban J connectivity index is 1.93. The molecule has 0 spiro atoms.